The zero-order valence-electron chi connectivity index (χ0n) is 8.13. The number of aryl methyl sites for hydroxylation is 1. The van der Waals surface area contributed by atoms with Crippen LogP contribution in [0.3, 0.4) is 0 Å². The molecule has 0 aliphatic rings. The van der Waals surface area contributed by atoms with Crippen LogP contribution in [0, 0.1) is 6.92 Å². The molecule has 0 unspecified atom stereocenters. The third kappa shape index (κ3) is 2.25. The number of allylic oxidation sites excluding steroid dienone is 2. The maximum absolute atomic E-state index is 11.7. The van der Waals surface area contributed by atoms with Gasteiger partial charge in [0.1, 0.15) is 5.69 Å². The molecule has 1 aromatic rings. The van der Waals surface area contributed by atoms with Gasteiger partial charge in [0.25, 0.3) is 0 Å². The van der Waals surface area contributed by atoms with Gasteiger partial charge in [-0.3, -0.25) is 4.79 Å². The molecule has 0 radical (unpaired) electrons. The Morgan fingerprint density at radius 3 is 2.77 bits per heavy atom. The van der Waals surface area contributed by atoms with Crippen molar-refractivity contribution in [1.82, 2.24) is 4.98 Å². The topological polar surface area (TPSA) is 30.0 Å². The first-order chi connectivity index (χ1) is 6.19. The highest BCUT2D eigenvalue weighted by molar-refractivity contribution is 7.09. The molecule has 13 heavy (non-hydrogen) atoms. The van der Waals surface area contributed by atoms with Gasteiger partial charge in [-0.25, -0.2) is 4.98 Å². The zero-order chi connectivity index (χ0) is 9.84. The average Bonchev–Trinajstić information content (AvgIpc) is 2.54. The minimum absolute atomic E-state index is 0.0642. The lowest BCUT2D eigenvalue weighted by Crippen LogP contribution is -2.02. The third-order valence-corrected chi connectivity index (χ3v) is 2.65. The van der Waals surface area contributed by atoms with Crippen molar-refractivity contribution in [3.8, 4) is 0 Å². The van der Waals surface area contributed by atoms with Gasteiger partial charge in [0.15, 0.2) is 0 Å². The molecule has 0 aliphatic heterocycles. The smallest absolute Gasteiger partial charge is 0.207 e. The summed E-state index contributed by atoms with van der Waals surface area (Å²) in [6.45, 7) is 5.77. The number of carbonyl (C=O) groups is 1. The molecule has 0 amide bonds. The van der Waals surface area contributed by atoms with Gasteiger partial charge < -0.3 is 0 Å². The summed E-state index contributed by atoms with van der Waals surface area (Å²) in [5.41, 5.74) is 1.42. The first-order valence-corrected chi connectivity index (χ1v) is 5.19. The number of aromatic nitrogens is 1. The second-order valence-corrected chi connectivity index (χ2v) is 3.81. The van der Waals surface area contributed by atoms with Crippen molar-refractivity contribution in [3.05, 3.63) is 27.7 Å². The summed E-state index contributed by atoms with van der Waals surface area (Å²) >= 11 is 1.51. The van der Waals surface area contributed by atoms with Gasteiger partial charge in [0, 0.05) is 5.38 Å². The molecule has 1 aromatic heterocycles. The Morgan fingerprint density at radius 2 is 2.38 bits per heavy atom. The van der Waals surface area contributed by atoms with Crippen molar-refractivity contribution < 1.29 is 4.79 Å². The third-order valence-electron chi connectivity index (χ3n) is 1.87. The van der Waals surface area contributed by atoms with E-state index in [4.69, 9.17) is 0 Å². The average molecular weight is 195 g/mol. The quantitative estimate of drug-likeness (QED) is 0.548. The highest BCUT2D eigenvalue weighted by Crippen LogP contribution is 2.14. The fraction of sp³-hybridized carbons (Fsp3) is 0.400. The molecule has 0 aromatic carbocycles. The lowest BCUT2D eigenvalue weighted by atomic mass is 10.1. The predicted molar refractivity (Wildman–Crippen MR) is 55.2 cm³/mol. The molecule has 1 heterocycles. The second-order valence-electron chi connectivity index (χ2n) is 2.75. The van der Waals surface area contributed by atoms with E-state index >= 15 is 0 Å². The summed E-state index contributed by atoms with van der Waals surface area (Å²) < 4.78 is 0. The Hall–Kier alpha value is -0.960. The van der Waals surface area contributed by atoms with E-state index in [1.807, 2.05) is 32.2 Å². The van der Waals surface area contributed by atoms with Crippen LogP contribution in [0.25, 0.3) is 0 Å². The van der Waals surface area contributed by atoms with Crippen LogP contribution in [0.5, 0.6) is 0 Å². The van der Waals surface area contributed by atoms with E-state index in [0.717, 1.165) is 17.0 Å². The van der Waals surface area contributed by atoms with Gasteiger partial charge in [-0.15, -0.1) is 11.3 Å². The van der Waals surface area contributed by atoms with Crippen LogP contribution in [0.1, 0.15) is 35.8 Å². The minimum atomic E-state index is 0.0642. The maximum atomic E-state index is 11.7. The highest BCUT2D eigenvalue weighted by Gasteiger charge is 2.12. The molecule has 70 valence electrons. The van der Waals surface area contributed by atoms with E-state index in [1.54, 1.807) is 0 Å². The molecule has 0 spiro atoms. The van der Waals surface area contributed by atoms with Crippen molar-refractivity contribution in [2.24, 2.45) is 0 Å². The van der Waals surface area contributed by atoms with Gasteiger partial charge in [-0.2, -0.15) is 0 Å². The number of rotatable bonds is 3. The van der Waals surface area contributed by atoms with Crippen molar-refractivity contribution in [2.75, 3.05) is 0 Å². The fourth-order valence-corrected chi connectivity index (χ4v) is 1.72. The number of hydrogen-bond donors (Lipinski definition) is 0. The molecule has 1 rings (SSSR count). The lowest BCUT2D eigenvalue weighted by molar-refractivity contribution is 0.102. The summed E-state index contributed by atoms with van der Waals surface area (Å²) in [5.74, 6) is 0.0642. The van der Waals surface area contributed by atoms with E-state index in [1.165, 1.54) is 11.3 Å². The van der Waals surface area contributed by atoms with E-state index < -0.39 is 0 Å². The summed E-state index contributed by atoms with van der Waals surface area (Å²) in [4.78, 5) is 15.9. The predicted octanol–water partition coefficient (Wildman–Crippen LogP) is 2.99. The van der Waals surface area contributed by atoms with Crippen molar-refractivity contribution in [1.29, 1.82) is 0 Å². The molecule has 0 N–H and O–H groups in total. The van der Waals surface area contributed by atoms with Gasteiger partial charge >= 0.3 is 0 Å². The van der Waals surface area contributed by atoms with Crippen LogP contribution in [-0.4, -0.2) is 10.8 Å². The molecule has 0 bridgehead atoms. The summed E-state index contributed by atoms with van der Waals surface area (Å²) in [7, 11) is 0. The molecular formula is C10H13NOS. The molecule has 3 heteroatoms. The molecular weight excluding hydrogens is 182 g/mol. The largest absolute Gasteiger partial charge is 0.287 e. The molecule has 0 saturated heterocycles. The Bertz CT molecular complexity index is 338. The van der Waals surface area contributed by atoms with Gasteiger partial charge in [-0.1, -0.05) is 13.0 Å². The monoisotopic (exact) mass is 195 g/mol. The van der Waals surface area contributed by atoms with E-state index in [2.05, 4.69) is 4.98 Å². The summed E-state index contributed by atoms with van der Waals surface area (Å²) in [6, 6.07) is 0. The van der Waals surface area contributed by atoms with Gasteiger partial charge in [-0.05, 0) is 25.8 Å². The van der Waals surface area contributed by atoms with Gasteiger partial charge in [0.2, 0.25) is 5.78 Å². The summed E-state index contributed by atoms with van der Waals surface area (Å²) in [6.07, 6.45) is 2.63. The van der Waals surface area contributed by atoms with Crippen LogP contribution in [-0.2, 0) is 0 Å². The number of nitrogens with zero attached hydrogens (tertiary/aromatic N) is 1. The van der Waals surface area contributed by atoms with Crippen molar-refractivity contribution in [3.63, 3.8) is 0 Å². The van der Waals surface area contributed by atoms with Crippen LogP contribution in [0.2, 0.25) is 0 Å². The normalized spacial score (nSPS) is 11.8. The second kappa shape index (κ2) is 4.33. The first kappa shape index (κ1) is 10.1. The highest BCUT2D eigenvalue weighted by atomic mass is 32.1. The van der Waals surface area contributed by atoms with E-state index in [-0.39, 0.29) is 5.78 Å². The van der Waals surface area contributed by atoms with E-state index in [9.17, 15) is 4.79 Å². The first-order valence-electron chi connectivity index (χ1n) is 4.31. The molecule has 0 fully saturated rings. The number of carbonyl (C=O) groups excluding carboxylic acids is 1. The van der Waals surface area contributed by atoms with Crippen molar-refractivity contribution >= 4 is 17.1 Å². The Labute approximate surface area is 82.3 Å². The zero-order valence-corrected chi connectivity index (χ0v) is 8.94. The van der Waals surface area contributed by atoms with Crippen LogP contribution in [0.4, 0.5) is 0 Å². The Kier molecular flexibility index (Phi) is 3.37. The SMILES string of the molecule is C/C=C(/CC)C(=O)c1csc(C)n1. The molecule has 0 saturated carbocycles. The number of thiazole rings is 1. The number of Topliss-reactive ketones (excluding diaryl/α,β-unsaturated/α-hetero) is 1. The minimum Gasteiger partial charge on any atom is -0.287 e. The molecule has 2 nitrogen and oxygen atoms in total. The Balaban J connectivity index is 2.91. The number of hydrogen-bond acceptors (Lipinski definition) is 3. The van der Waals surface area contributed by atoms with Gasteiger partial charge in [0.05, 0.1) is 5.01 Å². The molecule has 0 aliphatic carbocycles. The van der Waals surface area contributed by atoms with Crippen LogP contribution < -0.4 is 0 Å². The lowest BCUT2D eigenvalue weighted by Gasteiger charge is -1.98. The maximum Gasteiger partial charge on any atom is 0.207 e. The standard InChI is InChI=1S/C10H13NOS/c1-4-8(5-2)10(12)9-6-13-7(3)11-9/h4,6H,5H2,1-3H3/b8-4-. The summed E-state index contributed by atoms with van der Waals surface area (Å²) in [5, 5.41) is 2.76. The van der Waals surface area contributed by atoms with E-state index in [0.29, 0.717) is 5.69 Å². The fourth-order valence-electron chi connectivity index (χ4n) is 1.13. The van der Waals surface area contributed by atoms with Crippen molar-refractivity contribution in [2.45, 2.75) is 27.2 Å². The number of ketones is 1. The Morgan fingerprint density at radius 1 is 1.69 bits per heavy atom. The van der Waals surface area contributed by atoms with Crippen LogP contribution in [0.15, 0.2) is 17.0 Å². The molecule has 0 atom stereocenters. The van der Waals surface area contributed by atoms with Crippen LogP contribution >= 0.6 is 11.3 Å².